The fraction of sp³-hybridized carbons (Fsp3) is 0.538. The van der Waals surface area contributed by atoms with E-state index in [0.29, 0.717) is 84.0 Å². The molecule has 0 atom stereocenters. The van der Waals surface area contributed by atoms with Crippen molar-refractivity contribution in [3.05, 3.63) is 152 Å². The second kappa shape index (κ2) is 91.7. The Balaban J connectivity index is 0.00000146. The Morgan fingerprint density at radius 2 is 0.717 bits per heavy atom. The van der Waals surface area contributed by atoms with Crippen LogP contribution in [-0.4, -0.2) is 193 Å². The molecule has 5 saturated carbocycles. The quantitative estimate of drug-likeness (QED) is 0.0253. The highest BCUT2D eigenvalue weighted by Gasteiger charge is 2.23. The number of ether oxygens (including phenoxy) is 2. The average molecular weight is 2090 g/mol. The molecule has 2 saturated heterocycles. The lowest BCUT2D eigenvalue weighted by Crippen LogP contribution is -2.30. The van der Waals surface area contributed by atoms with Gasteiger partial charge in [0, 0.05) is 185 Å². The Kier molecular flexibility index (Phi) is 84.7. The summed E-state index contributed by atoms with van der Waals surface area (Å²) in [6.45, 7) is 69.9. The molecule has 36 nitrogen and oxygen atoms in total. The molecular weight excluding hydrogens is 1950 g/mol. The summed E-state index contributed by atoms with van der Waals surface area (Å²) in [6, 6.07) is 14.1. The van der Waals surface area contributed by atoms with E-state index >= 15 is 0 Å². The molecule has 15 rings (SSSR count). The third-order valence-electron chi connectivity index (χ3n) is 18.6. The molecule has 138 heavy (non-hydrogen) atoms. The van der Waals surface area contributed by atoms with E-state index in [1.54, 1.807) is 98.3 Å². The molecule has 5 aliphatic carbocycles. The molecule has 0 aromatic carbocycles. The summed E-state index contributed by atoms with van der Waals surface area (Å²) in [5, 5.41) is 57.0. The van der Waals surface area contributed by atoms with Crippen molar-refractivity contribution in [3.8, 4) is 0 Å². The maximum atomic E-state index is 5.85. The molecule has 7 fully saturated rings. The van der Waals surface area contributed by atoms with E-state index < -0.39 is 0 Å². The van der Waals surface area contributed by atoms with Crippen molar-refractivity contribution in [1.29, 1.82) is 0 Å². The lowest BCUT2D eigenvalue weighted by Gasteiger charge is -2.23. The van der Waals surface area contributed by atoms with Gasteiger partial charge in [-0.05, 0) is 184 Å². The molecule has 10 heterocycles. The van der Waals surface area contributed by atoms with Crippen LogP contribution < -0.4 is 0 Å². The van der Waals surface area contributed by atoms with Gasteiger partial charge in [-0.2, -0.15) is 0 Å². The minimum Gasteiger partial charge on any atom is -0.396 e. The molecule has 0 amide bonds. The zero-order chi connectivity index (χ0) is 100. The van der Waals surface area contributed by atoms with E-state index in [-0.39, 0.29) is 7.43 Å². The van der Waals surface area contributed by atoms with Crippen molar-refractivity contribution in [2.45, 2.75) is 223 Å². The fourth-order valence-corrected chi connectivity index (χ4v) is 16.8. The Bertz CT molecular complexity index is 3950. The Labute approximate surface area is 853 Å². The van der Waals surface area contributed by atoms with E-state index in [1.165, 1.54) is 161 Å². The van der Waals surface area contributed by atoms with Crippen LogP contribution in [0.1, 0.15) is 193 Å². The zero-order valence-corrected chi connectivity index (χ0v) is 87.3. The highest BCUT2D eigenvalue weighted by Crippen LogP contribution is 2.31. The molecule has 0 bridgehead atoms. The van der Waals surface area contributed by atoms with E-state index in [1.807, 2.05) is 61.9 Å². The van der Waals surface area contributed by atoms with Crippen molar-refractivity contribution in [1.82, 2.24) is 19.9 Å². The number of thiophene rings is 4. The van der Waals surface area contributed by atoms with E-state index in [4.69, 9.17) is 74.3 Å². The van der Waals surface area contributed by atoms with Gasteiger partial charge in [0.25, 0.3) is 0 Å². The fourth-order valence-electron chi connectivity index (χ4n) is 10.9. The van der Waals surface area contributed by atoms with Gasteiger partial charge in [0.15, 0.2) is 52.9 Å². The third-order valence-corrected chi connectivity index (χ3v) is 26.1. The van der Waals surface area contributed by atoms with Crippen LogP contribution in [0.3, 0.4) is 0 Å². The molecule has 2 aliphatic heterocycles. The number of aromatic nitrogens is 4. The van der Waals surface area contributed by atoms with Crippen LogP contribution in [0.15, 0.2) is 161 Å². The Hall–Kier alpha value is -10.4. The average Bonchev–Trinajstić information content (AvgIpc) is 1.75. The topological polar surface area (TPSA) is 394 Å². The third kappa shape index (κ3) is 74.7. The van der Waals surface area contributed by atoms with Crippen LogP contribution in [0.25, 0.3) is 0 Å². The minimum atomic E-state index is 0. The number of rotatable bonds is 44. The monoisotopic (exact) mass is 2090 g/mol. The van der Waals surface area contributed by atoms with Crippen LogP contribution in [0.4, 0.5) is 0 Å². The SMILES string of the molecule is C.C=NOC1CCC1.C=NOCC1CC1.C=NOCC1CCC1.C=NOCC1CCCC1.C=NOCC1CCCCC1.C=NOCC1CCOCC1.C=NOCC1COC1.C=NOCc1ccc(C)s1.C=NOCc1ccc(C)s1.C=NOCc1cccs1.C=NOCc1cnc(C)s1.C=NOCc1cnc(C)s1.C=NOCc1cncs1.C=NOCc1nccs1.C=NOCc1sc(C)cc1Cl. The van der Waals surface area contributed by atoms with Gasteiger partial charge in [-0.3, -0.25) is 4.98 Å². The summed E-state index contributed by atoms with van der Waals surface area (Å²) in [6.07, 6.45) is 32.0. The predicted octanol–water partition coefficient (Wildman–Crippen LogP) is 24.4. The summed E-state index contributed by atoms with van der Waals surface area (Å²) >= 11 is 18.8. The predicted molar refractivity (Wildman–Crippen MR) is 574 cm³/mol. The molecule has 8 aromatic rings. The van der Waals surface area contributed by atoms with E-state index in [2.05, 4.69) is 243 Å². The number of halogens is 1. The summed E-state index contributed by atoms with van der Waals surface area (Å²) in [5.41, 5.74) is 1.75. The number of nitrogens with zero attached hydrogens (tertiary/aromatic N) is 19. The van der Waals surface area contributed by atoms with Gasteiger partial charge in [0.2, 0.25) is 0 Å². The molecule has 768 valence electrons. The van der Waals surface area contributed by atoms with Crippen LogP contribution >= 0.6 is 102 Å². The largest absolute Gasteiger partial charge is 0.396 e. The van der Waals surface area contributed by atoms with Crippen LogP contribution in [0, 0.1) is 70.1 Å². The first-order chi connectivity index (χ1) is 66.9. The van der Waals surface area contributed by atoms with Crippen LogP contribution in [0.2, 0.25) is 5.02 Å². The van der Waals surface area contributed by atoms with Crippen LogP contribution in [-0.2, 0) is 135 Å². The van der Waals surface area contributed by atoms with Gasteiger partial charge in [0.1, 0.15) is 50.8 Å². The summed E-state index contributed by atoms with van der Waals surface area (Å²) < 4.78 is 10.1. The van der Waals surface area contributed by atoms with Gasteiger partial charge in [-0.25, -0.2) is 15.0 Å². The molecule has 45 heteroatoms. The smallest absolute Gasteiger partial charge is 0.168 e. The zero-order valence-electron chi connectivity index (χ0n) is 80.0. The van der Waals surface area contributed by atoms with Crippen molar-refractivity contribution >= 4 is 203 Å². The first-order valence-electron chi connectivity index (χ1n) is 43.7. The Morgan fingerprint density at radius 3 is 1.02 bits per heavy atom. The lowest BCUT2D eigenvalue weighted by atomic mass is 9.86. The van der Waals surface area contributed by atoms with Gasteiger partial charge in [-0.1, -0.05) is 63.6 Å². The normalized spacial score (nSPS) is 13.7. The minimum absolute atomic E-state index is 0. The molecule has 0 N–H and O–H groups in total. The number of oxime groups is 15. The second-order valence-electron chi connectivity index (χ2n) is 29.2. The van der Waals surface area contributed by atoms with E-state index in [9.17, 15) is 0 Å². The molecular formula is C93H144ClN19O17S8. The highest BCUT2D eigenvalue weighted by molar-refractivity contribution is 7.13. The van der Waals surface area contributed by atoms with Crippen molar-refractivity contribution < 1.29 is 82.0 Å². The van der Waals surface area contributed by atoms with Gasteiger partial charge >= 0.3 is 0 Å². The maximum absolute atomic E-state index is 5.85. The van der Waals surface area contributed by atoms with Gasteiger partial charge in [0.05, 0.1) is 53.3 Å². The number of hydrogen-bond acceptors (Lipinski definition) is 44. The first kappa shape index (κ1) is 128. The van der Waals surface area contributed by atoms with Gasteiger partial charge in [-0.15, -0.1) is 168 Å². The van der Waals surface area contributed by atoms with E-state index in [0.717, 1.165) is 129 Å². The Morgan fingerprint density at radius 1 is 0.333 bits per heavy atom. The summed E-state index contributed by atoms with van der Waals surface area (Å²) in [7, 11) is 0. The summed E-state index contributed by atoms with van der Waals surface area (Å²) in [5.74, 6) is 4.26. The van der Waals surface area contributed by atoms with Crippen molar-refractivity contribution in [3.63, 3.8) is 0 Å². The molecule has 0 radical (unpaired) electrons. The van der Waals surface area contributed by atoms with Crippen molar-refractivity contribution in [2.75, 3.05) is 66.1 Å². The number of aryl methyl sites for hydroxylation is 5. The van der Waals surface area contributed by atoms with Crippen molar-refractivity contribution in [2.24, 2.45) is 113 Å². The lowest BCUT2D eigenvalue weighted by molar-refractivity contribution is -0.0706. The second-order valence-corrected chi connectivity index (χ2v) is 39.3. The molecule has 8 aromatic heterocycles. The van der Waals surface area contributed by atoms with Crippen LogP contribution in [0.5, 0.6) is 0 Å². The molecule has 0 spiro atoms. The standard InChI is InChI=1S/C8H15NO.C7H8ClNOS.C7H13NO2.2C7H9NOS.C7H13NO.2C6H8N2OS.C6H7NOS.C6H11NO.2C5H6N2OS.C5H9NO2.2C5H9NO.CH4/c1-9-10-7-8-5-3-2-4-6-8;1-5-3-6(8)7(11-5)4-10-9-2;1-8-10-6-7-2-4-9-5-3-7;2*1-6-3-4-7(10-6)5-9-8-2;1-8-9-6-7-4-2-3-5-7;2*1-5-8-3-6(10-5)4-9-7-2;1-7-8-5-6-3-2-4-9-6;1-7-8-5-6-3-2-4-6;1-6-8-3-5-2-7-4-9-5;1-6-8-4-5-7-2-3-9-5;1-6-8-4-5-2-7-3-5;1-6-7-4-5-2-3-5;1-6-7-5-3-2-4-5;/h8H,1-7H2;3H,2,4H2,1H3;7H,1-6H2;2*3-4H,2,5H2,1H3;7H,1-6H2;2*3H,2,4H2,1H3;2-4H,1,5H2;6H,1-5H2;2,4H,1,3H2;2-3H,1,4H2;5H,1-4H2;2*5H,1-4H2;1H4. The van der Waals surface area contributed by atoms with Gasteiger partial charge < -0.3 is 82.0 Å². The maximum Gasteiger partial charge on any atom is 0.168 e. The first-order valence-corrected chi connectivity index (χ1v) is 50.8. The number of hydrogen-bond donors (Lipinski definition) is 0. The molecule has 0 unspecified atom stereocenters. The molecule has 7 aliphatic rings. The highest BCUT2D eigenvalue weighted by atomic mass is 35.5. The number of thiazole rings is 4. The summed E-state index contributed by atoms with van der Waals surface area (Å²) in [4.78, 5) is 98.6.